The molecule has 0 radical (unpaired) electrons. The van der Waals surface area contributed by atoms with Crippen LogP contribution in [0, 0.1) is 10.1 Å². The highest BCUT2D eigenvalue weighted by atomic mass is 16.6. The molecule has 1 aromatic rings. The van der Waals surface area contributed by atoms with Gasteiger partial charge in [-0.1, -0.05) is 0 Å². The van der Waals surface area contributed by atoms with Crippen LogP contribution in [0.25, 0.3) is 0 Å². The molecule has 0 fully saturated rings. The highest BCUT2D eigenvalue weighted by Gasteiger charge is 2.18. The zero-order valence-corrected chi connectivity index (χ0v) is 6.88. The van der Waals surface area contributed by atoms with Crippen LogP contribution >= 0.6 is 0 Å². The van der Waals surface area contributed by atoms with E-state index >= 15 is 0 Å². The van der Waals surface area contributed by atoms with E-state index in [4.69, 9.17) is 11.5 Å². The first kappa shape index (κ1) is 9.56. The Balaban J connectivity index is 3.11. The van der Waals surface area contributed by atoms with Gasteiger partial charge < -0.3 is 11.5 Å². The zero-order valence-electron chi connectivity index (χ0n) is 6.88. The van der Waals surface area contributed by atoms with E-state index in [-0.39, 0.29) is 17.9 Å². The van der Waals surface area contributed by atoms with Gasteiger partial charge in [0.2, 0.25) is 0 Å². The molecule has 6 nitrogen and oxygen atoms in total. The lowest BCUT2D eigenvalue weighted by atomic mass is 10.2. The van der Waals surface area contributed by atoms with Crippen LogP contribution in [-0.2, 0) is 0 Å². The molecule has 0 bridgehead atoms. The lowest BCUT2D eigenvalue weighted by Crippen LogP contribution is -2.22. The molecule has 1 atom stereocenters. The molecule has 0 aliphatic rings. The van der Waals surface area contributed by atoms with Crippen molar-refractivity contribution in [2.24, 2.45) is 11.5 Å². The molecule has 4 N–H and O–H groups in total. The van der Waals surface area contributed by atoms with E-state index in [1.807, 2.05) is 0 Å². The summed E-state index contributed by atoms with van der Waals surface area (Å²) in [5.41, 5.74) is 11.0. The summed E-state index contributed by atoms with van der Waals surface area (Å²) in [6, 6.07) is 2.27. The van der Waals surface area contributed by atoms with Gasteiger partial charge in [0.05, 0.1) is 11.0 Å². The van der Waals surface area contributed by atoms with Gasteiger partial charge in [0.25, 0.3) is 5.69 Å². The minimum absolute atomic E-state index is 0.0829. The maximum atomic E-state index is 10.5. The van der Waals surface area contributed by atoms with E-state index in [1.165, 1.54) is 18.3 Å². The second-order valence-electron chi connectivity index (χ2n) is 2.51. The summed E-state index contributed by atoms with van der Waals surface area (Å²) >= 11 is 0. The molecule has 0 saturated carbocycles. The van der Waals surface area contributed by atoms with Gasteiger partial charge in [-0.25, -0.2) is 0 Å². The molecule has 0 aliphatic carbocycles. The summed E-state index contributed by atoms with van der Waals surface area (Å²) in [5, 5.41) is 10.5. The van der Waals surface area contributed by atoms with E-state index < -0.39 is 11.0 Å². The number of hydrogen-bond acceptors (Lipinski definition) is 5. The molecule has 1 heterocycles. The van der Waals surface area contributed by atoms with Gasteiger partial charge in [-0.15, -0.1) is 0 Å². The monoisotopic (exact) mass is 182 g/mol. The summed E-state index contributed by atoms with van der Waals surface area (Å²) in [4.78, 5) is 13.8. The highest BCUT2D eigenvalue weighted by molar-refractivity contribution is 5.36. The van der Waals surface area contributed by atoms with Crippen molar-refractivity contribution in [2.75, 3.05) is 6.54 Å². The fourth-order valence-corrected chi connectivity index (χ4v) is 0.961. The smallest absolute Gasteiger partial charge is 0.292 e. The lowest BCUT2D eigenvalue weighted by Gasteiger charge is -2.07. The third-order valence-corrected chi connectivity index (χ3v) is 1.62. The van der Waals surface area contributed by atoms with Crippen molar-refractivity contribution in [2.45, 2.75) is 6.04 Å². The average Bonchev–Trinajstić information content (AvgIpc) is 2.16. The zero-order chi connectivity index (χ0) is 9.84. The fourth-order valence-electron chi connectivity index (χ4n) is 0.961. The van der Waals surface area contributed by atoms with E-state index in [9.17, 15) is 10.1 Å². The van der Waals surface area contributed by atoms with Crippen molar-refractivity contribution in [3.05, 3.63) is 34.1 Å². The minimum atomic E-state index is -0.582. The molecule has 1 aromatic heterocycles. The molecule has 1 unspecified atom stereocenters. The van der Waals surface area contributed by atoms with Gasteiger partial charge in [-0.05, 0) is 6.07 Å². The Bertz CT molecular complexity index is 315. The number of pyridine rings is 1. The second-order valence-corrected chi connectivity index (χ2v) is 2.51. The molecule has 0 saturated heterocycles. The number of nitrogens with two attached hydrogens (primary N) is 2. The van der Waals surface area contributed by atoms with Crippen molar-refractivity contribution in [1.29, 1.82) is 0 Å². The fraction of sp³-hybridized carbons (Fsp3) is 0.286. The van der Waals surface area contributed by atoms with E-state index in [2.05, 4.69) is 4.98 Å². The maximum Gasteiger partial charge on any atom is 0.292 e. The molecular weight excluding hydrogens is 172 g/mol. The van der Waals surface area contributed by atoms with Crippen molar-refractivity contribution in [1.82, 2.24) is 4.98 Å². The van der Waals surface area contributed by atoms with Crippen LogP contribution < -0.4 is 11.5 Å². The molecule has 0 amide bonds. The number of nitro groups is 1. The van der Waals surface area contributed by atoms with Crippen LogP contribution in [0.4, 0.5) is 5.69 Å². The third kappa shape index (κ3) is 1.98. The molecule has 0 aromatic carbocycles. The number of nitrogens with zero attached hydrogens (tertiary/aromatic N) is 2. The first-order valence-electron chi connectivity index (χ1n) is 3.71. The van der Waals surface area contributed by atoms with Crippen LogP contribution in [-0.4, -0.2) is 16.5 Å². The Morgan fingerprint density at radius 1 is 1.69 bits per heavy atom. The topological polar surface area (TPSA) is 108 Å². The van der Waals surface area contributed by atoms with Crippen LogP contribution in [0.15, 0.2) is 18.3 Å². The first-order chi connectivity index (χ1) is 6.16. The summed E-state index contributed by atoms with van der Waals surface area (Å²) in [7, 11) is 0. The van der Waals surface area contributed by atoms with Crippen molar-refractivity contribution in [3.63, 3.8) is 0 Å². The molecule has 0 aliphatic heterocycles. The molecule has 6 heteroatoms. The van der Waals surface area contributed by atoms with Crippen LogP contribution in [0.1, 0.15) is 11.7 Å². The van der Waals surface area contributed by atoms with Gasteiger partial charge in [0.15, 0.2) is 0 Å². The second kappa shape index (κ2) is 3.92. The van der Waals surface area contributed by atoms with E-state index in [0.717, 1.165) is 0 Å². The van der Waals surface area contributed by atoms with Gasteiger partial charge in [0, 0.05) is 18.8 Å². The Hall–Kier alpha value is -1.53. The quantitative estimate of drug-likeness (QED) is 0.503. The number of aromatic nitrogens is 1. The predicted molar refractivity (Wildman–Crippen MR) is 46.9 cm³/mol. The summed E-state index contributed by atoms with van der Waals surface area (Å²) < 4.78 is 0. The maximum absolute atomic E-state index is 10.5. The summed E-state index contributed by atoms with van der Waals surface area (Å²) in [6.07, 6.45) is 1.46. The van der Waals surface area contributed by atoms with Crippen LogP contribution in [0.2, 0.25) is 0 Å². The average molecular weight is 182 g/mol. The minimum Gasteiger partial charge on any atom is -0.329 e. The SMILES string of the molecule is NCC(N)c1ncccc1[N+](=O)[O-]. The largest absolute Gasteiger partial charge is 0.329 e. The van der Waals surface area contributed by atoms with Crippen molar-refractivity contribution in [3.8, 4) is 0 Å². The van der Waals surface area contributed by atoms with Crippen LogP contribution in [0.3, 0.4) is 0 Å². The molecule has 1 rings (SSSR count). The van der Waals surface area contributed by atoms with Crippen molar-refractivity contribution >= 4 is 5.69 Å². The van der Waals surface area contributed by atoms with Crippen molar-refractivity contribution < 1.29 is 4.92 Å². The number of rotatable bonds is 3. The van der Waals surface area contributed by atoms with Gasteiger partial charge >= 0.3 is 0 Å². The number of hydrogen-bond donors (Lipinski definition) is 2. The Morgan fingerprint density at radius 3 is 2.92 bits per heavy atom. The molecular formula is C7H10N4O2. The van der Waals surface area contributed by atoms with E-state index in [1.54, 1.807) is 0 Å². The Labute approximate surface area is 74.7 Å². The van der Waals surface area contributed by atoms with Crippen LogP contribution in [0.5, 0.6) is 0 Å². The third-order valence-electron chi connectivity index (χ3n) is 1.62. The van der Waals surface area contributed by atoms with E-state index in [0.29, 0.717) is 0 Å². The van der Waals surface area contributed by atoms with Gasteiger partial charge in [-0.3, -0.25) is 15.1 Å². The molecule has 70 valence electrons. The summed E-state index contributed by atoms with van der Waals surface area (Å²) in [6.45, 7) is 0.137. The Kier molecular flexibility index (Phi) is 2.88. The highest BCUT2D eigenvalue weighted by Crippen LogP contribution is 2.19. The Morgan fingerprint density at radius 2 is 2.38 bits per heavy atom. The molecule has 0 spiro atoms. The van der Waals surface area contributed by atoms with Gasteiger partial charge in [-0.2, -0.15) is 0 Å². The molecule has 13 heavy (non-hydrogen) atoms. The first-order valence-corrected chi connectivity index (χ1v) is 3.71. The standard InChI is InChI=1S/C7H10N4O2/c8-4-5(9)7-6(11(12)13)2-1-3-10-7/h1-3,5H,4,8-9H2. The summed E-state index contributed by atoms with van der Waals surface area (Å²) in [5.74, 6) is 0. The normalized spacial score (nSPS) is 12.5. The lowest BCUT2D eigenvalue weighted by molar-refractivity contribution is -0.386. The predicted octanol–water partition coefficient (Wildman–Crippen LogP) is -0.0517. The van der Waals surface area contributed by atoms with Gasteiger partial charge in [0.1, 0.15) is 5.69 Å².